The molecule has 1 N–H and O–H groups in total. The molecule has 0 atom stereocenters. The molecule has 7 nitrogen and oxygen atoms in total. The highest BCUT2D eigenvalue weighted by Crippen LogP contribution is 2.15. The van der Waals surface area contributed by atoms with E-state index in [2.05, 4.69) is 29.0 Å². The first-order valence-electron chi connectivity index (χ1n) is 8.71. The maximum Gasteiger partial charge on any atom is 0.419 e. The van der Waals surface area contributed by atoms with Crippen LogP contribution in [0.25, 0.3) is 11.1 Å². The molecular weight excluding hydrogens is 332 g/mol. The van der Waals surface area contributed by atoms with Crippen molar-refractivity contribution in [1.82, 2.24) is 9.55 Å². The topological polar surface area (TPSA) is 80.4 Å². The highest BCUT2D eigenvalue weighted by molar-refractivity contribution is 5.90. The fraction of sp³-hybridized carbons (Fsp3) is 0.316. The molecule has 0 aliphatic heterocycles. The number of para-hydroxylation sites is 2. The summed E-state index contributed by atoms with van der Waals surface area (Å²) < 4.78 is 6.64. The number of nitrogens with one attached hydrogen (secondary N) is 1. The minimum Gasteiger partial charge on any atom is -0.408 e. The molecule has 0 aliphatic rings. The second kappa shape index (κ2) is 7.86. The maximum absolute atomic E-state index is 12.2. The number of hydrogen-bond donors (Lipinski definition) is 1. The van der Waals surface area contributed by atoms with Crippen LogP contribution in [0.2, 0.25) is 0 Å². The van der Waals surface area contributed by atoms with Gasteiger partial charge in [-0.25, -0.2) is 9.78 Å². The van der Waals surface area contributed by atoms with Gasteiger partial charge in [-0.3, -0.25) is 9.36 Å². The zero-order valence-electron chi connectivity index (χ0n) is 14.9. The van der Waals surface area contributed by atoms with Gasteiger partial charge in [-0.2, -0.15) is 0 Å². The molecule has 0 saturated heterocycles. The molecule has 0 unspecified atom stereocenters. The van der Waals surface area contributed by atoms with Crippen LogP contribution in [-0.4, -0.2) is 28.5 Å². The number of anilines is 2. The molecule has 3 rings (SSSR count). The van der Waals surface area contributed by atoms with E-state index in [0.29, 0.717) is 16.8 Å². The normalized spacial score (nSPS) is 10.8. The summed E-state index contributed by atoms with van der Waals surface area (Å²) >= 11 is 0. The number of pyridine rings is 1. The van der Waals surface area contributed by atoms with Crippen LogP contribution in [0.15, 0.2) is 51.8 Å². The smallest absolute Gasteiger partial charge is 0.408 e. The van der Waals surface area contributed by atoms with Crippen LogP contribution in [0, 0.1) is 0 Å². The first-order chi connectivity index (χ1) is 12.6. The number of amides is 1. The van der Waals surface area contributed by atoms with Gasteiger partial charge in [-0.05, 0) is 38.1 Å². The molecule has 0 spiro atoms. The molecular formula is C19H22N4O3. The van der Waals surface area contributed by atoms with Crippen molar-refractivity contribution in [3.05, 3.63) is 53.1 Å². The molecule has 0 fully saturated rings. The lowest BCUT2D eigenvalue weighted by Gasteiger charge is -2.19. The van der Waals surface area contributed by atoms with Gasteiger partial charge >= 0.3 is 5.76 Å². The first-order valence-corrected chi connectivity index (χ1v) is 8.71. The highest BCUT2D eigenvalue weighted by Gasteiger charge is 2.11. The number of benzene rings is 1. The molecule has 0 bridgehead atoms. The van der Waals surface area contributed by atoms with Gasteiger partial charge < -0.3 is 14.6 Å². The van der Waals surface area contributed by atoms with Gasteiger partial charge in [0.1, 0.15) is 5.82 Å². The summed E-state index contributed by atoms with van der Waals surface area (Å²) in [6.07, 6.45) is 1.81. The van der Waals surface area contributed by atoms with Crippen molar-refractivity contribution < 1.29 is 9.21 Å². The van der Waals surface area contributed by atoms with E-state index >= 15 is 0 Å². The number of hydrogen-bond acceptors (Lipinski definition) is 5. The van der Waals surface area contributed by atoms with E-state index in [-0.39, 0.29) is 18.9 Å². The molecule has 136 valence electrons. The van der Waals surface area contributed by atoms with Crippen molar-refractivity contribution in [3.8, 4) is 0 Å². The van der Waals surface area contributed by atoms with Gasteiger partial charge in [0.2, 0.25) is 5.91 Å². The largest absolute Gasteiger partial charge is 0.419 e. The Bertz CT molecular complexity index is 939. The number of nitrogens with zero attached hydrogens (tertiary/aromatic N) is 3. The van der Waals surface area contributed by atoms with Gasteiger partial charge in [0, 0.05) is 26.1 Å². The van der Waals surface area contributed by atoms with Crippen molar-refractivity contribution >= 4 is 28.5 Å². The van der Waals surface area contributed by atoms with Crippen LogP contribution in [0.4, 0.5) is 11.5 Å². The Morgan fingerprint density at radius 1 is 1.19 bits per heavy atom. The van der Waals surface area contributed by atoms with Crippen LogP contribution in [0.1, 0.15) is 20.3 Å². The summed E-state index contributed by atoms with van der Waals surface area (Å²) in [6.45, 7) is 6.16. The van der Waals surface area contributed by atoms with Crippen LogP contribution in [0.3, 0.4) is 0 Å². The zero-order valence-corrected chi connectivity index (χ0v) is 14.9. The van der Waals surface area contributed by atoms with Gasteiger partial charge in [-0.15, -0.1) is 0 Å². The zero-order chi connectivity index (χ0) is 18.5. The molecule has 3 aromatic rings. The van der Waals surface area contributed by atoms with Crippen LogP contribution < -0.4 is 16.0 Å². The Labute approximate surface area is 151 Å². The highest BCUT2D eigenvalue weighted by atomic mass is 16.4. The average Bonchev–Trinajstić information content (AvgIpc) is 2.97. The fourth-order valence-corrected chi connectivity index (χ4v) is 2.86. The molecule has 0 saturated carbocycles. The van der Waals surface area contributed by atoms with E-state index in [1.807, 2.05) is 18.2 Å². The molecule has 1 amide bonds. The minimum atomic E-state index is -0.454. The Hall–Kier alpha value is -3.09. The standard InChI is InChI=1S/C19H22N4O3/c1-3-22(4-2)17-10-9-14(13-20-17)21-18(24)11-12-23-15-7-5-6-8-16(15)26-19(23)25/h5-10,13H,3-4,11-12H2,1-2H3,(H,21,24). The molecule has 7 heteroatoms. The number of carbonyl (C=O) groups excluding carboxylic acids is 1. The molecule has 2 heterocycles. The fourth-order valence-electron chi connectivity index (χ4n) is 2.86. The number of aromatic nitrogens is 2. The Morgan fingerprint density at radius 2 is 1.96 bits per heavy atom. The number of rotatable bonds is 7. The number of oxazole rings is 1. The van der Waals surface area contributed by atoms with Crippen LogP contribution in [-0.2, 0) is 11.3 Å². The lowest BCUT2D eigenvalue weighted by molar-refractivity contribution is -0.116. The van der Waals surface area contributed by atoms with Crippen molar-refractivity contribution in [1.29, 1.82) is 0 Å². The summed E-state index contributed by atoms with van der Waals surface area (Å²) in [7, 11) is 0. The number of aryl methyl sites for hydroxylation is 1. The van der Waals surface area contributed by atoms with Gasteiger partial charge in [0.15, 0.2) is 5.58 Å². The first kappa shape index (κ1) is 17.7. The van der Waals surface area contributed by atoms with E-state index in [4.69, 9.17) is 4.42 Å². The summed E-state index contributed by atoms with van der Waals surface area (Å²) in [5, 5.41) is 2.81. The van der Waals surface area contributed by atoms with Crippen molar-refractivity contribution in [2.75, 3.05) is 23.3 Å². The maximum atomic E-state index is 12.2. The summed E-state index contributed by atoms with van der Waals surface area (Å²) in [5.74, 6) is 0.244. The van der Waals surface area contributed by atoms with Crippen LogP contribution >= 0.6 is 0 Å². The van der Waals surface area contributed by atoms with Crippen molar-refractivity contribution in [3.63, 3.8) is 0 Å². The van der Waals surface area contributed by atoms with Gasteiger partial charge in [0.05, 0.1) is 17.4 Å². The third-order valence-corrected chi connectivity index (χ3v) is 4.26. The predicted molar refractivity (Wildman–Crippen MR) is 102 cm³/mol. The van der Waals surface area contributed by atoms with Gasteiger partial charge in [-0.1, -0.05) is 12.1 Å². The average molecular weight is 354 g/mol. The van der Waals surface area contributed by atoms with Crippen molar-refractivity contribution in [2.45, 2.75) is 26.8 Å². The molecule has 0 aliphatic carbocycles. The van der Waals surface area contributed by atoms with E-state index < -0.39 is 5.76 Å². The molecule has 2 aromatic heterocycles. The third-order valence-electron chi connectivity index (χ3n) is 4.26. The second-order valence-corrected chi connectivity index (χ2v) is 5.86. The van der Waals surface area contributed by atoms with Gasteiger partial charge in [0.25, 0.3) is 0 Å². The SMILES string of the molecule is CCN(CC)c1ccc(NC(=O)CCn2c(=O)oc3ccccc32)cn1. The molecule has 26 heavy (non-hydrogen) atoms. The van der Waals surface area contributed by atoms with E-state index in [1.165, 1.54) is 4.57 Å². The summed E-state index contributed by atoms with van der Waals surface area (Å²) in [5.41, 5.74) is 1.85. The lowest BCUT2D eigenvalue weighted by atomic mass is 10.3. The van der Waals surface area contributed by atoms with E-state index in [9.17, 15) is 9.59 Å². The van der Waals surface area contributed by atoms with Crippen molar-refractivity contribution in [2.24, 2.45) is 0 Å². The summed E-state index contributed by atoms with van der Waals surface area (Å²) in [6, 6.07) is 10.9. The quantitative estimate of drug-likeness (QED) is 0.706. The molecule has 1 aromatic carbocycles. The van der Waals surface area contributed by atoms with Crippen LogP contribution in [0.5, 0.6) is 0 Å². The predicted octanol–water partition coefficient (Wildman–Crippen LogP) is 2.86. The monoisotopic (exact) mass is 354 g/mol. The molecule has 0 radical (unpaired) electrons. The lowest BCUT2D eigenvalue weighted by Crippen LogP contribution is -2.23. The number of carbonyl (C=O) groups is 1. The Morgan fingerprint density at radius 3 is 2.65 bits per heavy atom. The summed E-state index contributed by atoms with van der Waals surface area (Å²) in [4.78, 5) is 30.6. The second-order valence-electron chi connectivity index (χ2n) is 5.86. The number of fused-ring (bicyclic) bond motifs is 1. The van der Waals surface area contributed by atoms with E-state index in [1.54, 1.807) is 24.4 Å². The minimum absolute atomic E-state index is 0.168. The Kier molecular flexibility index (Phi) is 5.36. The third kappa shape index (κ3) is 3.77. The Balaban J connectivity index is 1.62. The van der Waals surface area contributed by atoms with E-state index in [0.717, 1.165) is 18.9 Å².